The van der Waals surface area contributed by atoms with E-state index in [-0.39, 0.29) is 18.1 Å². The average Bonchev–Trinajstić information content (AvgIpc) is 2.41. The van der Waals surface area contributed by atoms with Gasteiger partial charge in [0.15, 0.2) is 0 Å². The first kappa shape index (κ1) is 17.1. The smallest absolute Gasteiger partial charge is 0.238 e. The lowest BCUT2D eigenvalue weighted by molar-refractivity contribution is -0.121. The maximum Gasteiger partial charge on any atom is 0.238 e. The van der Waals surface area contributed by atoms with Crippen LogP contribution >= 0.6 is 11.6 Å². The van der Waals surface area contributed by atoms with Crippen LogP contribution < -0.4 is 10.1 Å². The first-order chi connectivity index (χ1) is 10.4. The normalized spacial score (nSPS) is 22.4. The molecular formula is C16H23ClN2O3. The number of amides is 1. The second kappa shape index (κ2) is 7.31. The number of hydrogen-bond acceptors (Lipinski definition) is 4. The summed E-state index contributed by atoms with van der Waals surface area (Å²) in [7, 11) is 1.56. The van der Waals surface area contributed by atoms with E-state index in [1.54, 1.807) is 13.2 Å². The Labute approximate surface area is 136 Å². The molecule has 2 atom stereocenters. The third-order valence-electron chi connectivity index (χ3n) is 3.62. The van der Waals surface area contributed by atoms with E-state index in [0.717, 1.165) is 18.7 Å². The topological polar surface area (TPSA) is 50.8 Å². The van der Waals surface area contributed by atoms with Gasteiger partial charge in [-0.05, 0) is 32.4 Å². The molecule has 1 aliphatic heterocycles. The lowest BCUT2D eigenvalue weighted by Gasteiger charge is -2.34. The molecule has 5 nitrogen and oxygen atoms in total. The molecule has 0 saturated carbocycles. The molecule has 2 rings (SSSR count). The highest BCUT2D eigenvalue weighted by Crippen LogP contribution is 2.30. The van der Waals surface area contributed by atoms with Gasteiger partial charge in [0.2, 0.25) is 5.91 Å². The lowest BCUT2D eigenvalue weighted by Crippen LogP contribution is -2.48. The maximum atomic E-state index is 12.3. The van der Waals surface area contributed by atoms with E-state index in [1.807, 2.05) is 26.8 Å². The van der Waals surface area contributed by atoms with E-state index in [4.69, 9.17) is 21.1 Å². The Morgan fingerprint density at radius 1 is 1.41 bits per heavy atom. The van der Waals surface area contributed by atoms with E-state index in [9.17, 15) is 4.79 Å². The van der Waals surface area contributed by atoms with Crippen molar-refractivity contribution < 1.29 is 14.3 Å². The van der Waals surface area contributed by atoms with Gasteiger partial charge < -0.3 is 14.8 Å². The van der Waals surface area contributed by atoms with Gasteiger partial charge in [0.1, 0.15) is 5.75 Å². The van der Waals surface area contributed by atoms with Crippen LogP contribution in [0.15, 0.2) is 12.1 Å². The van der Waals surface area contributed by atoms with Crippen LogP contribution in [0, 0.1) is 6.92 Å². The highest BCUT2D eigenvalue weighted by Gasteiger charge is 2.24. The third-order valence-corrected chi connectivity index (χ3v) is 4.02. The van der Waals surface area contributed by atoms with Gasteiger partial charge in [-0.15, -0.1) is 0 Å². The quantitative estimate of drug-likeness (QED) is 0.924. The van der Waals surface area contributed by atoms with Crippen molar-refractivity contribution in [1.82, 2.24) is 4.90 Å². The number of carbonyl (C=O) groups excluding carboxylic acids is 1. The number of anilines is 1. The molecule has 2 unspecified atom stereocenters. The number of nitrogens with zero attached hydrogens (tertiary/aromatic N) is 1. The summed E-state index contributed by atoms with van der Waals surface area (Å²) in [5, 5.41) is 3.52. The van der Waals surface area contributed by atoms with Crippen LogP contribution in [0.2, 0.25) is 5.02 Å². The van der Waals surface area contributed by atoms with Crippen LogP contribution in [0.5, 0.6) is 5.75 Å². The molecule has 6 heteroatoms. The molecule has 0 bridgehead atoms. The van der Waals surface area contributed by atoms with Crippen molar-refractivity contribution in [2.45, 2.75) is 33.0 Å². The number of ether oxygens (including phenoxy) is 2. The number of carbonyl (C=O) groups is 1. The first-order valence-electron chi connectivity index (χ1n) is 7.41. The van der Waals surface area contributed by atoms with Crippen molar-refractivity contribution in [2.24, 2.45) is 0 Å². The molecule has 122 valence electrons. The van der Waals surface area contributed by atoms with E-state index in [1.165, 1.54) is 0 Å². The van der Waals surface area contributed by atoms with Gasteiger partial charge >= 0.3 is 0 Å². The van der Waals surface area contributed by atoms with Crippen molar-refractivity contribution in [2.75, 3.05) is 32.1 Å². The van der Waals surface area contributed by atoms with Gasteiger partial charge in [0.25, 0.3) is 0 Å². The van der Waals surface area contributed by atoms with Crippen LogP contribution in [-0.4, -0.2) is 49.8 Å². The first-order valence-corrected chi connectivity index (χ1v) is 7.78. The summed E-state index contributed by atoms with van der Waals surface area (Å²) in [5.41, 5.74) is 1.54. The predicted octanol–water partition coefficient (Wildman–Crippen LogP) is 2.70. The van der Waals surface area contributed by atoms with E-state index in [0.29, 0.717) is 23.0 Å². The number of rotatable bonds is 4. The number of morpholine rings is 1. The largest absolute Gasteiger partial charge is 0.495 e. The summed E-state index contributed by atoms with van der Waals surface area (Å²) in [6.07, 6.45) is 0.285. The van der Waals surface area contributed by atoms with Gasteiger partial charge in [-0.2, -0.15) is 0 Å². The fourth-order valence-corrected chi connectivity index (χ4v) is 2.89. The van der Waals surface area contributed by atoms with Crippen LogP contribution in [0.4, 0.5) is 5.69 Å². The highest BCUT2D eigenvalue weighted by atomic mass is 35.5. The van der Waals surface area contributed by atoms with Crippen LogP contribution in [0.3, 0.4) is 0 Å². The van der Waals surface area contributed by atoms with Crippen molar-refractivity contribution in [3.63, 3.8) is 0 Å². The molecule has 0 aromatic heterocycles. The molecule has 1 fully saturated rings. The summed E-state index contributed by atoms with van der Waals surface area (Å²) in [4.78, 5) is 14.4. The summed E-state index contributed by atoms with van der Waals surface area (Å²) in [6.45, 7) is 7.78. The second-order valence-electron chi connectivity index (χ2n) is 5.80. The number of hydrogen-bond donors (Lipinski definition) is 1. The van der Waals surface area contributed by atoms with Gasteiger partial charge in [0, 0.05) is 24.2 Å². The van der Waals surface area contributed by atoms with E-state index < -0.39 is 0 Å². The van der Waals surface area contributed by atoms with Gasteiger partial charge in [-0.25, -0.2) is 0 Å². The maximum absolute atomic E-state index is 12.3. The second-order valence-corrected chi connectivity index (χ2v) is 6.21. The van der Waals surface area contributed by atoms with Crippen molar-refractivity contribution in [1.29, 1.82) is 0 Å². The fraction of sp³-hybridized carbons (Fsp3) is 0.562. The molecule has 22 heavy (non-hydrogen) atoms. The number of aryl methyl sites for hydroxylation is 1. The molecule has 1 N–H and O–H groups in total. The Bertz CT molecular complexity index is 540. The van der Waals surface area contributed by atoms with E-state index >= 15 is 0 Å². The van der Waals surface area contributed by atoms with Crippen LogP contribution in [-0.2, 0) is 9.53 Å². The number of methoxy groups -OCH3 is 1. The molecule has 1 aromatic rings. The average molecular weight is 327 g/mol. The van der Waals surface area contributed by atoms with Gasteiger partial charge in [0.05, 0.1) is 31.5 Å². The predicted molar refractivity (Wildman–Crippen MR) is 87.8 cm³/mol. The van der Waals surface area contributed by atoms with Crippen molar-refractivity contribution in [3.05, 3.63) is 22.7 Å². The zero-order valence-electron chi connectivity index (χ0n) is 13.5. The molecular weight excluding hydrogens is 304 g/mol. The number of benzene rings is 1. The van der Waals surface area contributed by atoms with Crippen molar-refractivity contribution >= 4 is 23.2 Å². The fourth-order valence-electron chi connectivity index (χ4n) is 2.74. The SMILES string of the molecule is COc1cc(Cl)c(C)cc1NC(=O)CN1CC(C)OC(C)C1. The summed E-state index contributed by atoms with van der Waals surface area (Å²) >= 11 is 6.07. The van der Waals surface area contributed by atoms with E-state index in [2.05, 4.69) is 10.2 Å². The minimum Gasteiger partial charge on any atom is -0.495 e. The van der Waals surface area contributed by atoms with Gasteiger partial charge in [-0.1, -0.05) is 11.6 Å². The molecule has 0 aliphatic carbocycles. The zero-order valence-corrected chi connectivity index (χ0v) is 14.2. The molecule has 1 amide bonds. The number of halogens is 1. The number of nitrogens with one attached hydrogen (secondary N) is 1. The Morgan fingerprint density at radius 3 is 2.64 bits per heavy atom. The standard InChI is InChI=1S/C16H23ClN2O3/c1-10-5-14(15(21-4)6-13(10)17)18-16(20)9-19-7-11(2)22-12(3)8-19/h5-6,11-12H,7-9H2,1-4H3,(H,18,20). The molecule has 1 aliphatic rings. The molecule has 1 saturated heterocycles. The summed E-state index contributed by atoms with van der Waals surface area (Å²) in [5.74, 6) is 0.494. The van der Waals surface area contributed by atoms with Crippen LogP contribution in [0.1, 0.15) is 19.4 Å². The Morgan fingerprint density at radius 2 is 2.05 bits per heavy atom. The lowest BCUT2D eigenvalue weighted by atomic mass is 10.2. The Balaban J connectivity index is 2.01. The molecule has 1 aromatic carbocycles. The van der Waals surface area contributed by atoms with Crippen molar-refractivity contribution in [3.8, 4) is 5.75 Å². The minimum atomic E-state index is -0.0682. The summed E-state index contributed by atoms with van der Waals surface area (Å²) in [6, 6.07) is 3.54. The zero-order chi connectivity index (χ0) is 16.3. The Hall–Kier alpha value is -1.30. The van der Waals surface area contributed by atoms with Gasteiger partial charge in [-0.3, -0.25) is 9.69 Å². The monoisotopic (exact) mass is 326 g/mol. The molecule has 0 radical (unpaired) electrons. The Kier molecular flexibility index (Phi) is 5.67. The highest BCUT2D eigenvalue weighted by molar-refractivity contribution is 6.31. The minimum absolute atomic E-state index is 0.0682. The third kappa shape index (κ3) is 4.35. The van der Waals surface area contributed by atoms with Crippen LogP contribution in [0.25, 0.3) is 0 Å². The molecule has 1 heterocycles. The molecule has 0 spiro atoms. The summed E-state index contributed by atoms with van der Waals surface area (Å²) < 4.78 is 10.9.